The maximum absolute atomic E-state index is 12.4. The Bertz CT molecular complexity index is 1130. The van der Waals surface area contributed by atoms with Crippen molar-refractivity contribution in [2.75, 3.05) is 19.0 Å². The van der Waals surface area contributed by atoms with Gasteiger partial charge in [-0.25, -0.2) is 0 Å². The van der Waals surface area contributed by atoms with Gasteiger partial charge in [-0.2, -0.15) is 15.1 Å². The summed E-state index contributed by atoms with van der Waals surface area (Å²) in [5, 5.41) is 14.8. The van der Waals surface area contributed by atoms with Crippen LogP contribution in [0.25, 0.3) is 6.08 Å². The van der Waals surface area contributed by atoms with Crippen molar-refractivity contribution in [3.05, 3.63) is 58.6 Å². The number of hydrogen-bond acceptors (Lipinski definition) is 7. The van der Waals surface area contributed by atoms with Crippen molar-refractivity contribution in [2.45, 2.75) is 11.8 Å². The number of amides is 1. The van der Waals surface area contributed by atoms with Gasteiger partial charge in [-0.05, 0) is 66.7 Å². The molecule has 164 valence electrons. The van der Waals surface area contributed by atoms with E-state index in [1.165, 1.54) is 16.8 Å². The molecule has 0 radical (unpaired) electrons. The number of hydrazone groups is 1. The van der Waals surface area contributed by atoms with E-state index < -0.39 is 5.91 Å². The van der Waals surface area contributed by atoms with Crippen LogP contribution in [0, 0.1) is 5.41 Å². The van der Waals surface area contributed by atoms with Crippen LogP contribution in [0.2, 0.25) is 5.02 Å². The minimum atomic E-state index is -0.461. The highest BCUT2D eigenvalue weighted by Gasteiger charge is 2.32. The number of hydrogen-bond donors (Lipinski definition) is 1. The lowest BCUT2D eigenvalue weighted by Gasteiger charge is -2.20. The number of aliphatic imine (C=N–C) groups is 1. The Morgan fingerprint density at radius 1 is 1.19 bits per heavy atom. The lowest BCUT2D eigenvalue weighted by molar-refractivity contribution is -0.114. The Labute approximate surface area is 199 Å². The fraction of sp³-hybridized carbons (Fsp3) is 0.182. The third-order valence-electron chi connectivity index (χ3n) is 4.40. The van der Waals surface area contributed by atoms with Gasteiger partial charge in [-0.3, -0.25) is 10.2 Å². The standard InChI is InChI=1S/C22H19ClN4O3S2/c1-2-29-19-12-14(11-17-20(24)27-22(26-21(17)28)32-13-25-27)3-8-18(19)30-9-10-31-16-6-4-15(23)5-7-16/h3-8,11-13,24H,2,9-10H2,1H3/b17-11-,24-20?. The highest BCUT2D eigenvalue weighted by Crippen LogP contribution is 2.31. The van der Waals surface area contributed by atoms with Gasteiger partial charge in [0.15, 0.2) is 22.5 Å². The van der Waals surface area contributed by atoms with Gasteiger partial charge in [0.25, 0.3) is 5.91 Å². The fourth-order valence-electron chi connectivity index (χ4n) is 2.95. The van der Waals surface area contributed by atoms with Crippen molar-refractivity contribution in [3.63, 3.8) is 0 Å². The quantitative estimate of drug-likeness (QED) is 0.315. The molecular formula is C22H19ClN4O3S2. The number of fused-ring (bicyclic) bond motifs is 1. The molecule has 0 aromatic heterocycles. The molecule has 2 aromatic rings. The summed E-state index contributed by atoms with van der Waals surface area (Å²) < 4.78 is 11.7. The maximum atomic E-state index is 12.4. The number of carbonyl (C=O) groups is 1. The zero-order valence-corrected chi connectivity index (χ0v) is 19.5. The molecule has 0 bridgehead atoms. The molecule has 2 aromatic carbocycles. The van der Waals surface area contributed by atoms with Crippen molar-refractivity contribution in [3.8, 4) is 11.5 Å². The van der Waals surface area contributed by atoms with E-state index in [4.69, 9.17) is 26.5 Å². The zero-order chi connectivity index (χ0) is 22.5. The van der Waals surface area contributed by atoms with Crippen molar-refractivity contribution in [1.29, 1.82) is 5.41 Å². The average Bonchev–Trinajstić information content (AvgIpc) is 3.25. The molecule has 0 saturated carbocycles. The highest BCUT2D eigenvalue weighted by molar-refractivity contribution is 8.25. The maximum Gasteiger partial charge on any atom is 0.283 e. The lowest BCUT2D eigenvalue weighted by atomic mass is 10.1. The van der Waals surface area contributed by atoms with Gasteiger partial charge in [0.1, 0.15) is 0 Å². The Morgan fingerprint density at radius 3 is 2.78 bits per heavy atom. The number of carbonyl (C=O) groups excluding carboxylic acids is 1. The van der Waals surface area contributed by atoms with Crippen LogP contribution in [0.4, 0.5) is 0 Å². The molecule has 7 nitrogen and oxygen atoms in total. The van der Waals surface area contributed by atoms with Crippen molar-refractivity contribution >= 4 is 63.7 Å². The van der Waals surface area contributed by atoms with Gasteiger partial charge in [-0.15, -0.1) is 11.8 Å². The molecule has 10 heteroatoms. The normalized spacial score (nSPS) is 16.4. The highest BCUT2D eigenvalue weighted by atomic mass is 35.5. The SMILES string of the molecule is CCOc1cc(/C=C2/C(=N)N3N=CSC3=NC2=O)ccc1OCCSc1ccc(Cl)cc1. The van der Waals surface area contributed by atoms with Gasteiger partial charge in [0.2, 0.25) is 0 Å². The first-order valence-electron chi connectivity index (χ1n) is 9.76. The second-order valence-electron chi connectivity index (χ2n) is 6.55. The van der Waals surface area contributed by atoms with Gasteiger partial charge < -0.3 is 9.47 Å². The van der Waals surface area contributed by atoms with Crippen molar-refractivity contribution in [1.82, 2.24) is 5.01 Å². The number of halogens is 1. The van der Waals surface area contributed by atoms with Crippen LogP contribution in [0.15, 0.2) is 63.0 Å². The van der Waals surface area contributed by atoms with Gasteiger partial charge in [0.05, 0.1) is 24.3 Å². The minimum absolute atomic E-state index is 0.00115. The zero-order valence-electron chi connectivity index (χ0n) is 17.1. The first kappa shape index (κ1) is 22.4. The average molecular weight is 487 g/mol. The molecule has 0 aliphatic carbocycles. The van der Waals surface area contributed by atoms with Crippen molar-refractivity contribution in [2.24, 2.45) is 10.1 Å². The summed E-state index contributed by atoms with van der Waals surface area (Å²) in [6.45, 7) is 2.86. The largest absolute Gasteiger partial charge is 0.490 e. The topological polar surface area (TPSA) is 87.3 Å². The molecule has 0 unspecified atom stereocenters. The molecule has 0 atom stereocenters. The number of nitrogens with one attached hydrogen (secondary N) is 1. The molecule has 1 N–H and O–H groups in total. The summed E-state index contributed by atoms with van der Waals surface area (Å²) in [7, 11) is 0. The molecule has 0 saturated heterocycles. The van der Waals surface area contributed by atoms with Crippen LogP contribution in [-0.4, -0.2) is 46.4 Å². The molecule has 4 rings (SSSR count). The van der Waals surface area contributed by atoms with E-state index in [0.717, 1.165) is 10.6 Å². The minimum Gasteiger partial charge on any atom is -0.490 e. The molecular weight excluding hydrogens is 468 g/mol. The first-order chi connectivity index (χ1) is 15.5. The Balaban J connectivity index is 1.45. The number of ether oxygens (including phenoxy) is 2. The predicted octanol–water partition coefficient (Wildman–Crippen LogP) is 5.16. The molecule has 1 amide bonds. The van der Waals surface area contributed by atoms with Crippen molar-refractivity contribution < 1.29 is 14.3 Å². The fourth-order valence-corrected chi connectivity index (χ4v) is 4.41. The molecule has 0 fully saturated rings. The first-order valence-corrected chi connectivity index (χ1v) is 12.0. The van der Waals surface area contributed by atoms with E-state index in [9.17, 15) is 4.79 Å². The Kier molecular flexibility index (Phi) is 7.19. The lowest BCUT2D eigenvalue weighted by Crippen LogP contribution is -2.35. The van der Waals surface area contributed by atoms with E-state index in [2.05, 4.69) is 10.1 Å². The third-order valence-corrected chi connectivity index (χ3v) is 6.30. The summed E-state index contributed by atoms with van der Waals surface area (Å²) in [5.74, 6) is 1.50. The summed E-state index contributed by atoms with van der Waals surface area (Å²) in [6.07, 6.45) is 1.62. The van der Waals surface area contributed by atoms with Crippen LogP contribution in [-0.2, 0) is 4.79 Å². The second kappa shape index (κ2) is 10.2. The number of nitrogens with zero attached hydrogens (tertiary/aromatic N) is 3. The molecule has 32 heavy (non-hydrogen) atoms. The number of benzene rings is 2. The van der Waals surface area contributed by atoms with E-state index in [0.29, 0.717) is 40.5 Å². The Morgan fingerprint density at radius 2 is 2.00 bits per heavy atom. The summed E-state index contributed by atoms with van der Waals surface area (Å²) in [6, 6.07) is 13.1. The smallest absolute Gasteiger partial charge is 0.283 e. The van der Waals surface area contributed by atoms with Crippen LogP contribution in [0.1, 0.15) is 12.5 Å². The summed E-state index contributed by atoms with van der Waals surface area (Å²) in [4.78, 5) is 17.5. The van der Waals surface area contributed by atoms with E-state index in [-0.39, 0.29) is 11.4 Å². The van der Waals surface area contributed by atoms with Crippen LogP contribution in [0.3, 0.4) is 0 Å². The van der Waals surface area contributed by atoms with Crippen LogP contribution in [0.5, 0.6) is 11.5 Å². The monoisotopic (exact) mass is 486 g/mol. The number of thioether (sulfide) groups is 2. The molecule has 2 aliphatic heterocycles. The number of rotatable bonds is 8. The third kappa shape index (κ3) is 5.17. The number of amidine groups is 2. The summed E-state index contributed by atoms with van der Waals surface area (Å²) in [5.41, 5.74) is 2.43. The molecule has 0 spiro atoms. The summed E-state index contributed by atoms with van der Waals surface area (Å²) >= 11 is 8.81. The van der Waals surface area contributed by atoms with Gasteiger partial charge in [-0.1, -0.05) is 17.7 Å². The molecule has 2 heterocycles. The van der Waals surface area contributed by atoms with E-state index in [1.54, 1.807) is 35.5 Å². The van der Waals surface area contributed by atoms with Gasteiger partial charge >= 0.3 is 0 Å². The van der Waals surface area contributed by atoms with E-state index >= 15 is 0 Å². The van der Waals surface area contributed by atoms with Gasteiger partial charge in [0, 0.05) is 15.7 Å². The van der Waals surface area contributed by atoms with E-state index in [1.807, 2.05) is 37.3 Å². The predicted molar refractivity (Wildman–Crippen MR) is 131 cm³/mol. The Hall–Kier alpha value is -2.75. The molecule has 2 aliphatic rings. The van der Waals surface area contributed by atoms with Crippen LogP contribution >= 0.6 is 35.1 Å². The second-order valence-corrected chi connectivity index (χ2v) is 8.96. The van der Waals surface area contributed by atoms with Crippen LogP contribution < -0.4 is 9.47 Å².